The first kappa shape index (κ1) is 17.6. The van der Waals surface area contributed by atoms with Crippen LogP contribution in [0.15, 0.2) is 16.9 Å². The maximum Gasteiger partial charge on any atom is 0.316 e. The number of rotatable bonds is 5. The maximum atomic E-state index is 12.5. The van der Waals surface area contributed by atoms with Crippen LogP contribution >= 0.6 is 15.9 Å². The van der Waals surface area contributed by atoms with E-state index in [1.807, 2.05) is 4.90 Å². The topological polar surface area (TPSA) is 55.3 Å². The summed E-state index contributed by atoms with van der Waals surface area (Å²) >= 11 is 3.32. The third-order valence-electron chi connectivity index (χ3n) is 5.09. The molecule has 1 saturated carbocycles. The summed E-state index contributed by atoms with van der Waals surface area (Å²) in [5.74, 6) is 1.04. The Morgan fingerprint density at radius 2 is 1.92 bits per heavy atom. The molecule has 6 heteroatoms. The number of nitrogens with zero attached hydrogens (tertiary/aromatic N) is 3. The number of aromatic nitrogens is 2. The molecule has 0 spiro atoms. The SMILES string of the molecule is O=C(CCC1CCCCC1)N1CCCC(Oc2ncc(Br)cn2)C1. The Kier molecular flexibility index (Phi) is 6.46. The molecule has 1 aromatic heterocycles. The van der Waals surface area contributed by atoms with E-state index in [-0.39, 0.29) is 12.0 Å². The molecule has 1 amide bonds. The van der Waals surface area contributed by atoms with Gasteiger partial charge >= 0.3 is 6.01 Å². The highest BCUT2D eigenvalue weighted by molar-refractivity contribution is 9.10. The van der Waals surface area contributed by atoms with Crippen LogP contribution in [0.4, 0.5) is 0 Å². The number of hydrogen-bond donors (Lipinski definition) is 0. The predicted octanol–water partition coefficient (Wildman–Crippen LogP) is 3.97. The molecule has 1 atom stereocenters. The molecule has 1 saturated heterocycles. The lowest BCUT2D eigenvalue weighted by atomic mass is 9.86. The largest absolute Gasteiger partial charge is 0.458 e. The minimum Gasteiger partial charge on any atom is -0.458 e. The van der Waals surface area contributed by atoms with Gasteiger partial charge in [0.1, 0.15) is 6.10 Å². The van der Waals surface area contributed by atoms with Crippen molar-refractivity contribution in [1.82, 2.24) is 14.9 Å². The van der Waals surface area contributed by atoms with Crippen molar-refractivity contribution >= 4 is 21.8 Å². The third-order valence-corrected chi connectivity index (χ3v) is 5.50. The van der Waals surface area contributed by atoms with E-state index in [4.69, 9.17) is 4.74 Å². The van der Waals surface area contributed by atoms with E-state index in [0.717, 1.165) is 36.2 Å². The number of likely N-dealkylation sites (tertiary alicyclic amines) is 1. The zero-order valence-corrected chi connectivity index (χ0v) is 15.7. The molecular formula is C18H26BrN3O2. The first-order valence-electron chi connectivity index (χ1n) is 9.12. The summed E-state index contributed by atoms with van der Waals surface area (Å²) in [6, 6.07) is 0.389. The molecule has 0 radical (unpaired) electrons. The van der Waals surface area contributed by atoms with Gasteiger partial charge in [0.15, 0.2) is 0 Å². The van der Waals surface area contributed by atoms with Crippen LogP contribution in [0.5, 0.6) is 6.01 Å². The Hall–Kier alpha value is -1.17. The molecule has 0 aromatic carbocycles. The lowest BCUT2D eigenvalue weighted by Gasteiger charge is -2.33. The molecule has 1 aliphatic heterocycles. The fourth-order valence-corrected chi connectivity index (χ4v) is 3.94. The molecule has 3 rings (SSSR count). The molecule has 2 fully saturated rings. The predicted molar refractivity (Wildman–Crippen MR) is 95.8 cm³/mol. The molecule has 0 bridgehead atoms. The van der Waals surface area contributed by atoms with Crippen molar-refractivity contribution in [2.24, 2.45) is 5.92 Å². The van der Waals surface area contributed by atoms with Gasteiger partial charge in [0.05, 0.1) is 11.0 Å². The van der Waals surface area contributed by atoms with Crippen LogP contribution in [0.25, 0.3) is 0 Å². The number of amides is 1. The van der Waals surface area contributed by atoms with Crippen LogP contribution < -0.4 is 4.74 Å². The summed E-state index contributed by atoms with van der Waals surface area (Å²) in [5.41, 5.74) is 0. The van der Waals surface area contributed by atoms with Crippen LogP contribution in [0.3, 0.4) is 0 Å². The van der Waals surface area contributed by atoms with E-state index in [9.17, 15) is 4.79 Å². The van der Waals surface area contributed by atoms with Gasteiger partial charge in [0.2, 0.25) is 5.91 Å². The van der Waals surface area contributed by atoms with Crippen molar-refractivity contribution in [3.05, 3.63) is 16.9 Å². The molecule has 1 unspecified atom stereocenters. The van der Waals surface area contributed by atoms with Crippen LogP contribution in [-0.2, 0) is 4.79 Å². The van der Waals surface area contributed by atoms with Gasteiger partial charge in [-0.25, -0.2) is 9.97 Å². The Bertz CT molecular complexity index is 532. The van der Waals surface area contributed by atoms with Crippen LogP contribution in [0.2, 0.25) is 0 Å². The second kappa shape index (κ2) is 8.79. The van der Waals surface area contributed by atoms with Crippen LogP contribution in [-0.4, -0.2) is 40.0 Å². The van der Waals surface area contributed by atoms with Crippen molar-refractivity contribution in [1.29, 1.82) is 0 Å². The summed E-state index contributed by atoms with van der Waals surface area (Å²) < 4.78 is 6.68. The van der Waals surface area contributed by atoms with E-state index in [1.54, 1.807) is 12.4 Å². The average Bonchev–Trinajstić information content (AvgIpc) is 2.63. The lowest BCUT2D eigenvalue weighted by molar-refractivity contribution is -0.134. The summed E-state index contributed by atoms with van der Waals surface area (Å²) in [4.78, 5) is 22.8. The standard InChI is InChI=1S/C18H26BrN3O2/c19-15-11-20-18(21-12-15)24-16-7-4-10-22(13-16)17(23)9-8-14-5-2-1-3-6-14/h11-12,14,16H,1-10,13H2. The average molecular weight is 396 g/mol. The smallest absolute Gasteiger partial charge is 0.316 e. The summed E-state index contributed by atoms with van der Waals surface area (Å²) in [6.07, 6.45) is 13.7. The van der Waals surface area contributed by atoms with E-state index in [0.29, 0.717) is 19.0 Å². The molecular weight excluding hydrogens is 370 g/mol. The van der Waals surface area contributed by atoms with Crippen molar-refractivity contribution < 1.29 is 9.53 Å². The van der Waals surface area contributed by atoms with Gasteiger partial charge in [-0.05, 0) is 41.1 Å². The van der Waals surface area contributed by atoms with Crippen molar-refractivity contribution in [3.63, 3.8) is 0 Å². The highest BCUT2D eigenvalue weighted by Crippen LogP contribution is 2.28. The zero-order valence-electron chi connectivity index (χ0n) is 14.1. The molecule has 2 aliphatic rings. The molecule has 0 N–H and O–H groups in total. The highest BCUT2D eigenvalue weighted by Gasteiger charge is 2.26. The van der Waals surface area contributed by atoms with Crippen molar-refractivity contribution in [2.75, 3.05) is 13.1 Å². The third kappa shape index (κ3) is 5.16. The minimum absolute atomic E-state index is 0.00134. The second-order valence-corrected chi connectivity index (χ2v) is 7.86. The minimum atomic E-state index is -0.00134. The number of ether oxygens (including phenoxy) is 1. The van der Waals surface area contributed by atoms with Gasteiger partial charge in [-0.3, -0.25) is 4.79 Å². The monoisotopic (exact) mass is 395 g/mol. The van der Waals surface area contributed by atoms with E-state index < -0.39 is 0 Å². The van der Waals surface area contributed by atoms with E-state index in [1.165, 1.54) is 32.1 Å². The summed E-state index contributed by atoms with van der Waals surface area (Å²) in [6.45, 7) is 1.51. The first-order chi connectivity index (χ1) is 11.7. The number of halogens is 1. The molecule has 2 heterocycles. The summed E-state index contributed by atoms with van der Waals surface area (Å²) in [5, 5.41) is 0. The molecule has 1 aliphatic carbocycles. The van der Waals surface area contributed by atoms with Crippen molar-refractivity contribution in [3.8, 4) is 6.01 Å². The Labute approximate surface area is 152 Å². The summed E-state index contributed by atoms with van der Waals surface area (Å²) in [7, 11) is 0. The van der Waals surface area contributed by atoms with Crippen LogP contribution in [0, 0.1) is 5.92 Å². The zero-order chi connectivity index (χ0) is 16.8. The molecule has 132 valence electrons. The molecule has 1 aromatic rings. The van der Waals surface area contributed by atoms with Gasteiger partial charge in [-0.15, -0.1) is 0 Å². The van der Waals surface area contributed by atoms with Crippen LogP contribution in [0.1, 0.15) is 57.8 Å². The van der Waals surface area contributed by atoms with Gasteiger partial charge in [0, 0.05) is 25.4 Å². The molecule has 5 nitrogen and oxygen atoms in total. The van der Waals surface area contributed by atoms with Gasteiger partial charge in [-0.1, -0.05) is 32.1 Å². The fourth-order valence-electron chi connectivity index (χ4n) is 3.73. The van der Waals surface area contributed by atoms with Crippen molar-refractivity contribution in [2.45, 2.75) is 63.9 Å². The highest BCUT2D eigenvalue weighted by atomic mass is 79.9. The van der Waals surface area contributed by atoms with Gasteiger partial charge in [0.25, 0.3) is 0 Å². The Morgan fingerprint density at radius 1 is 1.17 bits per heavy atom. The number of carbonyl (C=O) groups excluding carboxylic acids is 1. The molecule has 24 heavy (non-hydrogen) atoms. The number of hydrogen-bond acceptors (Lipinski definition) is 4. The normalized spacial score (nSPS) is 22.4. The van der Waals surface area contributed by atoms with E-state index >= 15 is 0 Å². The van der Waals surface area contributed by atoms with Gasteiger partial charge in [-0.2, -0.15) is 0 Å². The maximum absolute atomic E-state index is 12.5. The number of piperidine rings is 1. The van der Waals surface area contributed by atoms with Gasteiger partial charge < -0.3 is 9.64 Å². The second-order valence-electron chi connectivity index (χ2n) is 6.95. The Morgan fingerprint density at radius 3 is 2.67 bits per heavy atom. The fraction of sp³-hybridized carbons (Fsp3) is 0.722. The first-order valence-corrected chi connectivity index (χ1v) is 9.92. The van der Waals surface area contributed by atoms with E-state index in [2.05, 4.69) is 25.9 Å². The quantitative estimate of drug-likeness (QED) is 0.756. The lowest BCUT2D eigenvalue weighted by Crippen LogP contribution is -2.44. The Balaban J connectivity index is 1.45. The number of carbonyl (C=O) groups is 1.